The third-order valence-electron chi connectivity index (χ3n) is 2.62. The molecule has 0 saturated heterocycles. The molecule has 0 spiro atoms. The van der Waals surface area contributed by atoms with Gasteiger partial charge in [-0.3, -0.25) is 9.59 Å². The molecule has 110 valence electrons. The van der Waals surface area contributed by atoms with E-state index in [1.807, 2.05) is 0 Å². The molecule has 1 rings (SSSR count). The third-order valence-corrected chi connectivity index (χ3v) is 3.28. The summed E-state index contributed by atoms with van der Waals surface area (Å²) in [4.78, 5) is 24.8. The Kier molecular flexibility index (Phi) is 5.94. The Hall–Kier alpha value is -1.63. The molecule has 0 radical (unpaired) electrons. The summed E-state index contributed by atoms with van der Waals surface area (Å²) in [5, 5.41) is 0. The van der Waals surface area contributed by atoms with Crippen molar-refractivity contribution in [1.82, 2.24) is 4.90 Å². The summed E-state index contributed by atoms with van der Waals surface area (Å²) in [6, 6.07) is 2.41. The van der Waals surface area contributed by atoms with Gasteiger partial charge in [-0.15, -0.1) is 0 Å². The van der Waals surface area contributed by atoms with Crippen LogP contribution in [-0.4, -0.2) is 37.0 Å². The van der Waals surface area contributed by atoms with Gasteiger partial charge in [-0.2, -0.15) is 0 Å². The third kappa shape index (κ3) is 4.19. The highest BCUT2D eigenvalue weighted by Crippen LogP contribution is 2.23. The average Bonchev–Trinajstić information content (AvgIpc) is 2.39. The van der Waals surface area contributed by atoms with Crippen molar-refractivity contribution in [3.8, 4) is 0 Å². The lowest BCUT2D eigenvalue weighted by Crippen LogP contribution is -2.29. The standard InChI is InChI=1S/C13H16BrFN2O3/c1-3-20-12(18)4-5-17(2)13(19)8-6-11(16)10(15)7-9(8)14/h6-7H,3-5,16H2,1-2H3. The predicted molar refractivity (Wildman–Crippen MR) is 76.7 cm³/mol. The van der Waals surface area contributed by atoms with Crippen molar-refractivity contribution >= 4 is 33.5 Å². The minimum Gasteiger partial charge on any atom is -0.466 e. The second-order valence-corrected chi connectivity index (χ2v) is 4.99. The van der Waals surface area contributed by atoms with Crippen LogP contribution in [0.3, 0.4) is 0 Å². The second-order valence-electron chi connectivity index (χ2n) is 4.14. The van der Waals surface area contributed by atoms with Gasteiger partial charge in [0.2, 0.25) is 0 Å². The van der Waals surface area contributed by atoms with Crippen molar-refractivity contribution in [2.45, 2.75) is 13.3 Å². The van der Waals surface area contributed by atoms with Crippen molar-refractivity contribution in [2.24, 2.45) is 0 Å². The molecule has 0 aliphatic heterocycles. The first kappa shape index (κ1) is 16.4. The van der Waals surface area contributed by atoms with E-state index in [4.69, 9.17) is 10.5 Å². The van der Waals surface area contributed by atoms with Gasteiger partial charge in [0.15, 0.2) is 0 Å². The topological polar surface area (TPSA) is 72.6 Å². The Morgan fingerprint density at radius 2 is 2.10 bits per heavy atom. The number of hydrogen-bond acceptors (Lipinski definition) is 4. The van der Waals surface area contributed by atoms with Crippen LogP contribution in [0.25, 0.3) is 0 Å². The number of ether oxygens (including phenoxy) is 1. The van der Waals surface area contributed by atoms with Gasteiger partial charge in [-0.25, -0.2) is 4.39 Å². The summed E-state index contributed by atoms with van der Waals surface area (Å²) in [7, 11) is 1.55. The summed E-state index contributed by atoms with van der Waals surface area (Å²) in [6.07, 6.45) is 0.102. The maximum Gasteiger partial charge on any atom is 0.307 e. The van der Waals surface area contributed by atoms with E-state index in [2.05, 4.69) is 15.9 Å². The Morgan fingerprint density at radius 1 is 1.45 bits per heavy atom. The minimum atomic E-state index is -0.595. The number of carbonyl (C=O) groups excluding carboxylic acids is 2. The summed E-state index contributed by atoms with van der Waals surface area (Å²) < 4.78 is 18.3. The highest BCUT2D eigenvalue weighted by Gasteiger charge is 2.18. The molecule has 1 aromatic rings. The molecule has 0 aromatic heterocycles. The van der Waals surface area contributed by atoms with Crippen LogP contribution in [0.2, 0.25) is 0 Å². The lowest BCUT2D eigenvalue weighted by Gasteiger charge is -2.18. The Balaban J connectivity index is 2.74. The fraction of sp³-hybridized carbons (Fsp3) is 0.385. The number of nitrogen functional groups attached to an aromatic ring is 1. The molecule has 5 nitrogen and oxygen atoms in total. The van der Waals surface area contributed by atoms with Crippen LogP contribution < -0.4 is 5.73 Å². The number of benzene rings is 1. The maximum absolute atomic E-state index is 13.2. The van der Waals surface area contributed by atoms with Crippen molar-refractivity contribution in [2.75, 3.05) is 25.9 Å². The molecular formula is C13H16BrFN2O3. The summed E-state index contributed by atoms with van der Waals surface area (Å²) in [5.41, 5.74) is 5.59. The number of halogens is 2. The lowest BCUT2D eigenvalue weighted by molar-refractivity contribution is -0.143. The largest absolute Gasteiger partial charge is 0.466 e. The van der Waals surface area contributed by atoms with Gasteiger partial charge >= 0.3 is 5.97 Å². The van der Waals surface area contributed by atoms with Gasteiger partial charge < -0.3 is 15.4 Å². The number of hydrogen-bond donors (Lipinski definition) is 1. The SMILES string of the molecule is CCOC(=O)CCN(C)C(=O)c1cc(N)c(F)cc1Br. The highest BCUT2D eigenvalue weighted by molar-refractivity contribution is 9.10. The second kappa shape index (κ2) is 7.23. The first-order chi connectivity index (χ1) is 9.36. The van der Waals surface area contributed by atoms with Crippen molar-refractivity contribution in [1.29, 1.82) is 0 Å². The highest BCUT2D eigenvalue weighted by atomic mass is 79.9. The van der Waals surface area contributed by atoms with Gasteiger partial charge in [0.05, 0.1) is 24.3 Å². The van der Waals surface area contributed by atoms with E-state index in [9.17, 15) is 14.0 Å². The van der Waals surface area contributed by atoms with Gasteiger partial charge in [0.1, 0.15) is 5.82 Å². The number of anilines is 1. The maximum atomic E-state index is 13.2. The fourth-order valence-corrected chi connectivity index (χ4v) is 2.01. The normalized spacial score (nSPS) is 10.2. The zero-order chi connectivity index (χ0) is 15.3. The van der Waals surface area contributed by atoms with E-state index in [1.54, 1.807) is 14.0 Å². The molecule has 2 N–H and O–H groups in total. The summed E-state index contributed by atoms with van der Waals surface area (Å²) >= 11 is 3.12. The molecule has 0 saturated carbocycles. The van der Waals surface area contributed by atoms with Crippen LogP contribution in [0.5, 0.6) is 0 Å². The molecule has 0 unspecified atom stereocenters. The molecular weight excluding hydrogens is 331 g/mol. The van der Waals surface area contributed by atoms with Crippen molar-refractivity contribution in [3.63, 3.8) is 0 Å². The number of esters is 1. The summed E-state index contributed by atoms with van der Waals surface area (Å²) in [5.74, 6) is -1.32. The van der Waals surface area contributed by atoms with Crippen LogP contribution >= 0.6 is 15.9 Å². The molecule has 0 fully saturated rings. The molecule has 0 atom stereocenters. The first-order valence-electron chi connectivity index (χ1n) is 6.02. The molecule has 1 aromatic carbocycles. The molecule has 0 aliphatic carbocycles. The Bertz CT molecular complexity index is 523. The monoisotopic (exact) mass is 346 g/mol. The number of nitrogens with two attached hydrogens (primary N) is 1. The number of carbonyl (C=O) groups is 2. The van der Waals surface area contributed by atoms with E-state index in [0.717, 1.165) is 6.07 Å². The van der Waals surface area contributed by atoms with Gasteiger partial charge in [-0.1, -0.05) is 0 Å². The molecule has 1 amide bonds. The van der Waals surface area contributed by atoms with Crippen molar-refractivity contribution in [3.05, 3.63) is 28.0 Å². The first-order valence-corrected chi connectivity index (χ1v) is 6.81. The van der Waals surface area contributed by atoms with Crippen LogP contribution in [0.1, 0.15) is 23.7 Å². The van der Waals surface area contributed by atoms with Crippen LogP contribution in [0, 0.1) is 5.82 Å². The lowest BCUT2D eigenvalue weighted by atomic mass is 10.1. The van der Waals surface area contributed by atoms with Crippen molar-refractivity contribution < 1.29 is 18.7 Å². The van der Waals surface area contributed by atoms with Gasteiger partial charge in [0, 0.05) is 18.1 Å². The van der Waals surface area contributed by atoms with E-state index >= 15 is 0 Å². The molecule has 20 heavy (non-hydrogen) atoms. The Morgan fingerprint density at radius 3 is 2.70 bits per heavy atom. The molecule has 0 heterocycles. The quantitative estimate of drug-likeness (QED) is 0.655. The predicted octanol–water partition coefficient (Wildman–Crippen LogP) is 2.20. The van der Waals surface area contributed by atoms with Crippen LogP contribution in [0.4, 0.5) is 10.1 Å². The zero-order valence-electron chi connectivity index (χ0n) is 11.3. The van der Waals surface area contributed by atoms with E-state index in [0.29, 0.717) is 11.1 Å². The van der Waals surface area contributed by atoms with Crippen LogP contribution in [0.15, 0.2) is 16.6 Å². The molecule has 0 aliphatic rings. The number of rotatable bonds is 5. The minimum absolute atomic E-state index is 0.102. The average molecular weight is 347 g/mol. The zero-order valence-corrected chi connectivity index (χ0v) is 12.9. The smallest absolute Gasteiger partial charge is 0.307 e. The van der Waals surface area contributed by atoms with Gasteiger partial charge in [0.25, 0.3) is 5.91 Å². The molecule has 0 bridgehead atoms. The summed E-state index contributed by atoms with van der Waals surface area (Å²) in [6.45, 7) is 2.23. The van der Waals surface area contributed by atoms with E-state index < -0.39 is 5.82 Å². The van der Waals surface area contributed by atoms with E-state index in [1.165, 1.54) is 11.0 Å². The van der Waals surface area contributed by atoms with Crippen LogP contribution in [-0.2, 0) is 9.53 Å². The van der Waals surface area contributed by atoms with Gasteiger partial charge in [-0.05, 0) is 35.0 Å². The number of nitrogens with zero attached hydrogens (tertiary/aromatic N) is 1. The Labute approximate surface area is 125 Å². The molecule has 7 heteroatoms. The number of amides is 1. The van der Waals surface area contributed by atoms with E-state index in [-0.39, 0.29) is 36.1 Å². The fourth-order valence-electron chi connectivity index (χ4n) is 1.53.